The van der Waals surface area contributed by atoms with Crippen LogP contribution in [0.3, 0.4) is 0 Å². The molecule has 24 heavy (non-hydrogen) atoms. The average molecular weight is 346 g/mol. The molecule has 0 unspecified atom stereocenters. The van der Waals surface area contributed by atoms with Gasteiger partial charge in [0.05, 0.1) is 11.9 Å². The molecule has 0 aromatic carbocycles. The lowest BCUT2D eigenvalue weighted by Crippen LogP contribution is -2.44. The van der Waals surface area contributed by atoms with E-state index in [9.17, 15) is 0 Å². The Balaban J connectivity index is 1.85. The van der Waals surface area contributed by atoms with Gasteiger partial charge in [-0.15, -0.1) is 11.3 Å². The first-order valence-corrected chi connectivity index (χ1v) is 9.95. The third-order valence-corrected chi connectivity index (χ3v) is 6.15. The second-order valence-electron chi connectivity index (χ2n) is 7.18. The molecule has 5 nitrogen and oxygen atoms in total. The molecule has 6 heteroatoms. The fraction of sp³-hybridized carbons (Fsp3) is 0.667. The molecule has 0 bridgehead atoms. The van der Waals surface area contributed by atoms with Crippen LogP contribution in [0.4, 0.5) is 5.82 Å². The Morgan fingerprint density at radius 2 is 1.88 bits per heavy atom. The van der Waals surface area contributed by atoms with Gasteiger partial charge in [0, 0.05) is 31.1 Å². The summed E-state index contributed by atoms with van der Waals surface area (Å²) in [6.45, 7) is 4.97. The van der Waals surface area contributed by atoms with Crippen LogP contribution in [-0.4, -0.2) is 55.1 Å². The van der Waals surface area contributed by atoms with Crippen LogP contribution in [0.5, 0.6) is 0 Å². The zero-order chi connectivity index (χ0) is 16.5. The number of thiophene rings is 1. The van der Waals surface area contributed by atoms with Crippen LogP contribution >= 0.6 is 11.3 Å². The lowest BCUT2D eigenvalue weighted by Gasteiger charge is -2.29. The number of nitrogens with one attached hydrogen (secondary N) is 1. The molecule has 1 aliphatic heterocycles. The van der Waals surface area contributed by atoms with Crippen molar-refractivity contribution >= 4 is 27.4 Å². The van der Waals surface area contributed by atoms with Gasteiger partial charge in [-0.3, -0.25) is 0 Å². The molecule has 0 radical (unpaired) electrons. The van der Waals surface area contributed by atoms with E-state index >= 15 is 0 Å². The molecular weight excluding hydrogens is 318 g/mol. The van der Waals surface area contributed by atoms with E-state index in [1.807, 2.05) is 11.3 Å². The second-order valence-corrected chi connectivity index (χ2v) is 8.27. The van der Waals surface area contributed by atoms with Crippen molar-refractivity contribution in [2.45, 2.75) is 38.6 Å². The Kier molecular flexibility index (Phi) is 4.70. The van der Waals surface area contributed by atoms with Crippen LogP contribution in [0.15, 0.2) is 0 Å². The number of piperazine rings is 1. The largest absolute Gasteiger partial charge is 0.353 e. The predicted molar refractivity (Wildman–Crippen MR) is 101 cm³/mol. The topological polar surface area (TPSA) is 44.3 Å². The fourth-order valence-corrected chi connectivity index (χ4v) is 5.09. The number of rotatable bonds is 3. The van der Waals surface area contributed by atoms with Crippen LogP contribution in [0.2, 0.25) is 0 Å². The van der Waals surface area contributed by atoms with Crippen molar-refractivity contribution in [3.05, 3.63) is 16.3 Å². The molecule has 4 rings (SSSR count). The first-order chi connectivity index (χ1) is 11.7. The Hall–Kier alpha value is -1.24. The molecule has 0 saturated carbocycles. The molecule has 1 fully saturated rings. The van der Waals surface area contributed by atoms with Crippen molar-refractivity contribution in [3.63, 3.8) is 0 Å². The highest BCUT2D eigenvalue weighted by molar-refractivity contribution is 7.19. The van der Waals surface area contributed by atoms with E-state index in [0.29, 0.717) is 0 Å². The SMILES string of the molecule is CN(C)Cc1nc(N2CCNCC2)c2c3c(sc2n1)CCCCC3. The first kappa shape index (κ1) is 16.2. The van der Waals surface area contributed by atoms with Crippen LogP contribution < -0.4 is 10.2 Å². The average Bonchev–Trinajstić information content (AvgIpc) is 2.75. The van der Waals surface area contributed by atoms with E-state index in [1.54, 1.807) is 10.4 Å². The van der Waals surface area contributed by atoms with Gasteiger partial charge < -0.3 is 15.1 Å². The maximum atomic E-state index is 5.03. The fourth-order valence-electron chi connectivity index (χ4n) is 3.82. The van der Waals surface area contributed by atoms with Gasteiger partial charge in [0.25, 0.3) is 0 Å². The van der Waals surface area contributed by atoms with Gasteiger partial charge in [0.15, 0.2) is 0 Å². The molecule has 0 atom stereocenters. The van der Waals surface area contributed by atoms with Gasteiger partial charge in [0.2, 0.25) is 0 Å². The van der Waals surface area contributed by atoms with Gasteiger partial charge in [-0.05, 0) is 45.3 Å². The molecule has 1 aliphatic carbocycles. The maximum Gasteiger partial charge on any atom is 0.146 e. The van der Waals surface area contributed by atoms with Gasteiger partial charge >= 0.3 is 0 Å². The monoisotopic (exact) mass is 345 g/mol. The van der Waals surface area contributed by atoms with E-state index < -0.39 is 0 Å². The quantitative estimate of drug-likeness (QED) is 0.866. The molecule has 1 saturated heterocycles. The number of nitrogens with zero attached hydrogens (tertiary/aromatic N) is 4. The number of hydrogen-bond donors (Lipinski definition) is 1. The molecule has 130 valence electrons. The second kappa shape index (κ2) is 6.94. The number of aryl methyl sites for hydroxylation is 2. The summed E-state index contributed by atoms with van der Waals surface area (Å²) in [4.78, 5) is 17.4. The highest BCUT2D eigenvalue weighted by Gasteiger charge is 2.24. The minimum absolute atomic E-state index is 0.803. The zero-order valence-corrected chi connectivity index (χ0v) is 15.6. The predicted octanol–water partition coefficient (Wildman–Crippen LogP) is 2.43. The van der Waals surface area contributed by atoms with E-state index in [-0.39, 0.29) is 0 Å². The Labute approximate surface area is 148 Å². The van der Waals surface area contributed by atoms with Crippen LogP contribution in [0, 0.1) is 0 Å². The van der Waals surface area contributed by atoms with Crippen molar-refractivity contribution in [2.24, 2.45) is 0 Å². The summed E-state index contributed by atoms with van der Waals surface area (Å²) in [5, 5.41) is 4.82. The summed E-state index contributed by atoms with van der Waals surface area (Å²) in [6.07, 6.45) is 6.40. The summed E-state index contributed by atoms with van der Waals surface area (Å²) >= 11 is 1.92. The molecule has 3 heterocycles. The number of anilines is 1. The summed E-state index contributed by atoms with van der Waals surface area (Å²) in [5.41, 5.74) is 1.55. The van der Waals surface area contributed by atoms with Crippen molar-refractivity contribution in [2.75, 3.05) is 45.2 Å². The highest BCUT2D eigenvalue weighted by Crippen LogP contribution is 2.39. The molecule has 1 N–H and O–H groups in total. The van der Waals surface area contributed by atoms with E-state index in [0.717, 1.165) is 38.5 Å². The number of hydrogen-bond acceptors (Lipinski definition) is 6. The zero-order valence-electron chi connectivity index (χ0n) is 14.8. The Morgan fingerprint density at radius 1 is 1.08 bits per heavy atom. The summed E-state index contributed by atoms with van der Waals surface area (Å²) < 4.78 is 0. The van der Waals surface area contributed by atoms with E-state index in [1.165, 1.54) is 48.1 Å². The van der Waals surface area contributed by atoms with Crippen molar-refractivity contribution in [3.8, 4) is 0 Å². The summed E-state index contributed by atoms with van der Waals surface area (Å²) in [6, 6.07) is 0. The van der Waals surface area contributed by atoms with Crippen LogP contribution in [0.1, 0.15) is 35.5 Å². The standard InChI is InChI=1S/C18H27N5S/c1-22(2)12-15-20-17(23-10-8-19-9-11-23)16-13-6-4-3-5-7-14(13)24-18(16)21-15/h19H,3-12H2,1-2H3. The Bertz CT molecular complexity index is 718. The third-order valence-electron chi connectivity index (χ3n) is 4.97. The normalized spacial score (nSPS) is 18.9. The molecule has 0 spiro atoms. The van der Waals surface area contributed by atoms with E-state index in [4.69, 9.17) is 9.97 Å². The minimum Gasteiger partial charge on any atom is -0.353 e. The number of aromatic nitrogens is 2. The molecule has 0 amide bonds. The minimum atomic E-state index is 0.803. The summed E-state index contributed by atoms with van der Waals surface area (Å²) in [7, 11) is 4.17. The smallest absolute Gasteiger partial charge is 0.146 e. The molecule has 2 aromatic rings. The third kappa shape index (κ3) is 3.15. The molecule has 2 aromatic heterocycles. The molecule has 2 aliphatic rings. The van der Waals surface area contributed by atoms with Gasteiger partial charge in [-0.25, -0.2) is 9.97 Å². The van der Waals surface area contributed by atoms with Gasteiger partial charge in [-0.1, -0.05) is 6.42 Å². The van der Waals surface area contributed by atoms with Crippen molar-refractivity contribution in [1.82, 2.24) is 20.2 Å². The lowest BCUT2D eigenvalue weighted by molar-refractivity contribution is 0.391. The maximum absolute atomic E-state index is 5.03. The van der Waals surface area contributed by atoms with Gasteiger partial charge in [-0.2, -0.15) is 0 Å². The lowest BCUT2D eigenvalue weighted by atomic mass is 10.1. The first-order valence-electron chi connectivity index (χ1n) is 9.14. The number of fused-ring (bicyclic) bond motifs is 3. The van der Waals surface area contributed by atoms with Crippen molar-refractivity contribution < 1.29 is 0 Å². The van der Waals surface area contributed by atoms with Crippen LogP contribution in [-0.2, 0) is 19.4 Å². The highest BCUT2D eigenvalue weighted by atomic mass is 32.1. The van der Waals surface area contributed by atoms with E-state index in [2.05, 4.69) is 29.2 Å². The van der Waals surface area contributed by atoms with Gasteiger partial charge in [0.1, 0.15) is 16.5 Å². The molecular formula is C18H27N5S. The summed E-state index contributed by atoms with van der Waals surface area (Å²) in [5.74, 6) is 2.15. The Morgan fingerprint density at radius 3 is 2.67 bits per heavy atom. The van der Waals surface area contributed by atoms with Crippen LogP contribution in [0.25, 0.3) is 10.2 Å². The van der Waals surface area contributed by atoms with Crippen molar-refractivity contribution in [1.29, 1.82) is 0 Å².